The summed E-state index contributed by atoms with van der Waals surface area (Å²) in [6, 6.07) is 20.3. The molecule has 0 saturated carbocycles. The Hall–Kier alpha value is -3.49. The highest BCUT2D eigenvalue weighted by atomic mass is 35.5. The van der Waals surface area contributed by atoms with Gasteiger partial charge in [0, 0.05) is 10.7 Å². The van der Waals surface area contributed by atoms with Gasteiger partial charge in [0.15, 0.2) is 18.3 Å². The molecule has 0 atom stereocenters. The molecule has 0 spiro atoms. The summed E-state index contributed by atoms with van der Waals surface area (Å²) in [6.45, 7) is 0. The molecule has 0 aromatic heterocycles. The molecule has 0 fully saturated rings. The number of para-hydroxylation sites is 1. The van der Waals surface area contributed by atoms with Gasteiger partial charge < -0.3 is 14.9 Å². The van der Waals surface area contributed by atoms with Crippen LogP contribution in [0.5, 0.6) is 5.75 Å². The molecule has 9 heteroatoms. The molecule has 3 aromatic carbocycles. The van der Waals surface area contributed by atoms with Crippen LogP contribution < -0.4 is 15.6 Å². The SMILES string of the molecule is COC(=O)c1ccc(NC(=O)c2cc(Cl)ccc2NOc2ccccc2)cc1.O=S. The number of rotatable bonds is 6. The van der Waals surface area contributed by atoms with Crippen molar-refractivity contribution in [2.75, 3.05) is 17.9 Å². The van der Waals surface area contributed by atoms with Crippen LogP contribution in [-0.2, 0) is 17.3 Å². The Morgan fingerprint density at radius 2 is 1.60 bits per heavy atom. The molecule has 3 aromatic rings. The number of nitrogens with one attached hydrogen (secondary N) is 2. The second-order valence-corrected chi connectivity index (χ2v) is 6.17. The molecule has 1 amide bonds. The van der Waals surface area contributed by atoms with E-state index in [1.54, 1.807) is 48.5 Å². The number of hydrogen-bond donors (Lipinski definition) is 2. The monoisotopic (exact) mass is 444 g/mol. The van der Waals surface area contributed by atoms with E-state index in [0.29, 0.717) is 33.3 Å². The Balaban J connectivity index is 0.00000155. The number of ether oxygens (including phenoxy) is 1. The van der Waals surface area contributed by atoms with E-state index in [0.717, 1.165) is 0 Å². The average molecular weight is 445 g/mol. The van der Waals surface area contributed by atoms with Gasteiger partial charge in [-0.1, -0.05) is 29.8 Å². The van der Waals surface area contributed by atoms with Crippen molar-refractivity contribution in [3.8, 4) is 5.75 Å². The number of carbonyl (C=O) groups is 2. The molecular formula is C21H17ClN2O5S. The summed E-state index contributed by atoms with van der Waals surface area (Å²) >= 11 is 8.89. The lowest BCUT2D eigenvalue weighted by molar-refractivity contribution is 0.0600. The highest BCUT2D eigenvalue weighted by molar-refractivity contribution is 7.44. The van der Waals surface area contributed by atoms with Crippen molar-refractivity contribution in [2.45, 2.75) is 0 Å². The van der Waals surface area contributed by atoms with Crippen LogP contribution in [0.25, 0.3) is 0 Å². The van der Waals surface area contributed by atoms with E-state index in [4.69, 9.17) is 20.6 Å². The predicted molar refractivity (Wildman–Crippen MR) is 116 cm³/mol. The molecule has 2 N–H and O–H groups in total. The first kappa shape index (κ1) is 22.8. The summed E-state index contributed by atoms with van der Waals surface area (Å²) in [6.07, 6.45) is 0. The van der Waals surface area contributed by atoms with E-state index < -0.39 is 5.97 Å². The number of methoxy groups -OCH3 is 1. The van der Waals surface area contributed by atoms with Crippen LogP contribution >= 0.6 is 11.6 Å². The number of amides is 1. The van der Waals surface area contributed by atoms with Gasteiger partial charge in [0.1, 0.15) is 0 Å². The minimum absolute atomic E-state index is 0.306. The highest BCUT2D eigenvalue weighted by Crippen LogP contribution is 2.23. The van der Waals surface area contributed by atoms with Crippen molar-refractivity contribution < 1.29 is 23.4 Å². The molecule has 0 saturated heterocycles. The summed E-state index contributed by atoms with van der Waals surface area (Å²) in [5.74, 6) is -0.230. The number of carbonyl (C=O) groups excluding carboxylic acids is 2. The molecule has 0 aliphatic heterocycles. The third-order valence-corrected chi connectivity index (χ3v) is 4.05. The number of benzene rings is 3. The Morgan fingerprint density at radius 3 is 2.23 bits per heavy atom. The van der Waals surface area contributed by atoms with E-state index in [1.807, 2.05) is 18.2 Å². The first-order chi connectivity index (χ1) is 14.6. The van der Waals surface area contributed by atoms with Crippen molar-refractivity contribution in [1.82, 2.24) is 0 Å². The van der Waals surface area contributed by atoms with Crippen molar-refractivity contribution >= 4 is 47.4 Å². The van der Waals surface area contributed by atoms with Gasteiger partial charge in [-0.05, 0) is 54.6 Å². The summed E-state index contributed by atoms with van der Waals surface area (Å²) in [4.78, 5) is 29.7. The summed E-state index contributed by atoms with van der Waals surface area (Å²) < 4.78 is 12.5. The molecule has 30 heavy (non-hydrogen) atoms. The lowest BCUT2D eigenvalue weighted by Crippen LogP contribution is -2.16. The quantitative estimate of drug-likeness (QED) is 0.428. The van der Waals surface area contributed by atoms with Gasteiger partial charge in [0.2, 0.25) is 0 Å². The smallest absolute Gasteiger partial charge is 0.337 e. The van der Waals surface area contributed by atoms with Gasteiger partial charge in [-0.2, -0.15) is 4.21 Å². The highest BCUT2D eigenvalue weighted by Gasteiger charge is 2.14. The zero-order chi connectivity index (χ0) is 21.9. The molecule has 7 nitrogen and oxygen atoms in total. The fourth-order valence-corrected chi connectivity index (χ4v) is 2.57. The van der Waals surface area contributed by atoms with Crippen LogP contribution in [0.3, 0.4) is 0 Å². The van der Waals surface area contributed by atoms with Crippen molar-refractivity contribution in [3.05, 3.63) is 88.9 Å². The molecule has 0 aliphatic carbocycles. The Morgan fingerprint density at radius 1 is 0.933 bits per heavy atom. The molecular weight excluding hydrogens is 428 g/mol. The van der Waals surface area contributed by atoms with Gasteiger partial charge >= 0.3 is 5.97 Å². The van der Waals surface area contributed by atoms with E-state index in [1.165, 1.54) is 13.2 Å². The first-order valence-corrected chi connectivity index (χ1v) is 9.22. The zero-order valence-corrected chi connectivity index (χ0v) is 17.3. The van der Waals surface area contributed by atoms with Crippen LogP contribution in [-0.4, -0.2) is 23.2 Å². The molecule has 0 bridgehead atoms. The zero-order valence-electron chi connectivity index (χ0n) is 15.8. The summed E-state index contributed by atoms with van der Waals surface area (Å²) in [7, 11) is 1.31. The third-order valence-electron chi connectivity index (χ3n) is 3.81. The number of esters is 1. The van der Waals surface area contributed by atoms with E-state index >= 15 is 0 Å². The number of halogens is 1. The summed E-state index contributed by atoms with van der Waals surface area (Å²) in [5, 5.41) is 3.18. The van der Waals surface area contributed by atoms with Crippen molar-refractivity contribution in [3.63, 3.8) is 0 Å². The maximum atomic E-state index is 12.7. The maximum absolute atomic E-state index is 12.7. The molecule has 0 aliphatic rings. The standard InChI is InChI=1S/C21H17ClN2O4.OS/c1-27-21(26)14-7-10-16(11-8-14)23-20(25)18-13-15(22)9-12-19(18)24-28-17-5-3-2-4-6-17;1-2/h2-13,24H,1H3,(H,23,25);. The Kier molecular flexibility index (Phi) is 8.74. The molecule has 0 unspecified atom stereocenters. The Labute approximate surface area is 183 Å². The van der Waals surface area contributed by atoms with Crippen LogP contribution in [0.2, 0.25) is 5.02 Å². The molecule has 3 rings (SSSR count). The normalized spacial score (nSPS) is 9.53. The first-order valence-electron chi connectivity index (χ1n) is 8.50. The minimum atomic E-state index is -0.447. The number of hydrogen-bond acceptors (Lipinski definition) is 7. The predicted octanol–water partition coefficient (Wildman–Crippen LogP) is 4.45. The van der Waals surface area contributed by atoms with E-state index in [-0.39, 0.29) is 5.91 Å². The molecule has 154 valence electrons. The maximum Gasteiger partial charge on any atom is 0.337 e. The van der Waals surface area contributed by atoms with Gasteiger partial charge in [-0.25, -0.2) is 10.3 Å². The van der Waals surface area contributed by atoms with Crippen molar-refractivity contribution in [2.24, 2.45) is 0 Å². The fraction of sp³-hybridized carbons (Fsp3) is 0.0476. The molecule has 0 radical (unpaired) electrons. The van der Waals surface area contributed by atoms with Crippen molar-refractivity contribution in [1.29, 1.82) is 0 Å². The fourth-order valence-electron chi connectivity index (χ4n) is 2.40. The van der Waals surface area contributed by atoms with E-state index in [9.17, 15) is 9.59 Å². The molecule has 0 heterocycles. The third kappa shape index (κ3) is 6.26. The average Bonchev–Trinajstić information content (AvgIpc) is 2.80. The van der Waals surface area contributed by atoms with Crippen LogP contribution in [0, 0.1) is 0 Å². The number of anilines is 2. The Bertz CT molecular complexity index is 1000. The largest absolute Gasteiger partial charge is 0.465 e. The van der Waals surface area contributed by atoms with Gasteiger partial charge in [-0.15, -0.1) is 0 Å². The topological polar surface area (TPSA) is 93.7 Å². The lowest BCUT2D eigenvalue weighted by Gasteiger charge is -2.13. The van der Waals surface area contributed by atoms with Gasteiger partial charge in [-0.3, -0.25) is 4.79 Å². The lowest BCUT2D eigenvalue weighted by atomic mass is 10.1. The van der Waals surface area contributed by atoms with E-state index in [2.05, 4.69) is 28.1 Å². The van der Waals surface area contributed by atoms with Crippen LogP contribution in [0.4, 0.5) is 11.4 Å². The van der Waals surface area contributed by atoms with Crippen LogP contribution in [0.1, 0.15) is 20.7 Å². The second kappa shape index (κ2) is 11.5. The minimum Gasteiger partial charge on any atom is -0.465 e. The van der Waals surface area contributed by atoms with Crippen LogP contribution in [0.15, 0.2) is 72.8 Å². The van der Waals surface area contributed by atoms with Gasteiger partial charge in [0.25, 0.3) is 5.91 Å². The summed E-state index contributed by atoms with van der Waals surface area (Å²) in [5.41, 5.74) is 4.45. The second-order valence-electron chi connectivity index (χ2n) is 5.73. The van der Waals surface area contributed by atoms with Gasteiger partial charge in [0.05, 0.1) is 23.9 Å².